The van der Waals surface area contributed by atoms with Crippen molar-refractivity contribution in [2.24, 2.45) is 0 Å². The number of hydrogen-bond acceptors (Lipinski definition) is 3. The molecule has 1 aliphatic rings. The van der Waals surface area contributed by atoms with Gasteiger partial charge >= 0.3 is 5.91 Å². The lowest BCUT2D eigenvalue weighted by molar-refractivity contribution is -0.120. The second-order valence-corrected chi connectivity index (χ2v) is 2.86. The minimum atomic E-state index is -0.618. The molecule has 1 aromatic carbocycles. The number of amides is 1. The molecule has 0 atom stereocenters. The zero-order valence-corrected chi connectivity index (χ0v) is 7.69. The van der Waals surface area contributed by atoms with Crippen LogP contribution in [-0.4, -0.2) is 18.3 Å². The number of ketones is 1. The Morgan fingerprint density at radius 2 is 2.00 bits per heavy atom. The third kappa shape index (κ3) is 1.12. The summed E-state index contributed by atoms with van der Waals surface area (Å²) in [6.07, 6.45) is 0. The molecule has 1 heterocycles. The van der Waals surface area contributed by atoms with Crippen molar-refractivity contribution in [1.29, 1.82) is 0 Å². The number of carbonyl (C=O) groups excluding carboxylic acids is 2. The van der Waals surface area contributed by atoms with Gasteiger partial charge in [0.15, 0.2) is 0 Å². The normalized spacial score (nSPS) is 14.8. The monoisotopic (exact) mass is 191 g/mol. The van der Waals surface area contributed by atoms with Gasteiger partial charge in [0.25, 0.3) is 5.78 Å². The molecule has 0 fully saturated rings. The van der Waals surface area contributed by atoms with E-state index in [-0.39, 0.29) is 0 Å². The van der Waals surface area contributed by atoms with Crippen molar-refractivity contribution in [3.63, 3.8) is 0 Å². The molecule has 0 saturated heterocycles. The lowest BCUT2D eigenvalue weighted by atomic mass is 10.1. The molecule has 0 aromatic heterocycles. The molecule has 4 nitrogen and oxygen atoms in total. The number of hydroxylamine groups is 1. The van der Waals surface area contributed by atoms with Crippen LogP contribution in [0.15, 0.2) is 24.3 Å². The molecule has 4 heteroatoms. The van der Waals surface area contributed by atoms with E-state index in [9.17, 15) is 9.59 Å². The molecular weight excluding hydrogens is 182 g/mol. The molecule has 0 bridgehead atoms. The van der Waals surface area contributed by atoms with Crippen molar-refractivity contribution in [2.75, 3.05) is 11.7 Å². The molecule has 72 valence electrons. The number of carbonyl (C=O) groups is 2. The van der Waals surface area contributed by atoms with Crippen LogP contribution >= 0.6 is 0 Å². The highest BCUT2D eigenvalue weighted by Gasteiger charge is 2.36. The van der Waals surface area contributed by atoms with Crippen molar-refractivity contribution in [3.8, 4) is 0 Å². The van der Waals surface area contributed by atoms with E-state index in [2.05, 4.69) is 0 Å². The topological polar surface area (TPSA) is 46.6 Å². The summed E-state index contributed by atoms with van der Waals surface area (Å²) in [4.78, 5) is 27.9. The van der Waals surface area contributed by atoms with E-state index in [0.29, 0.717) is 17.9 Å². The number of fused-ring (bicyclic) bond motifs is 1. The average Bonchev–Trinajstić information content (AvgIpc) is 2.45. The summed E-state index contributed by atoms with van der Waals surface area (Å²) in [5.41, 5.74) is 0.940. The Bertz CT molecular complexity index is 400. The third-order valence-electron chi connectivity index (χ3n) is 2.00. The minimum Gasteiger partial charge on any atom is -0.283 e. The summed E-state index contributed by atoms with van der Waals surface area (Å²) in [5.74, 6) is -1.12. The first-order valence-electron chi connectivity index (χ1n) is 4.36. The largest absolute Gasteiger partial charge is 0.323 e. The van der Waals surface area contributed by atoms with Crippen molar-refractivity contribution >= 4 is 17.4 Å². The Kier molecular flexibility index (Phi) is 2.05. The molecule has 0 aliphatic carbocycles. The van der Waals surface area contributed by atoms with E-state index in [1.807, 2.05) is 0 Å². The third-order valence-corrected chi connectivity index (χ3v) is 2.00. The van der Waals surface area contributed by atoms with Gasteiger partial charge in [-0.3, -0.25) is 14.4 Å². The van der Waals surface area contributed by atoms with Crippen LogP contribution in [0.5, 0.6) is 0 Å². The van der Waals surface area contributed by atoms with Gasteiger partial charge in [-0.2, -0.15) is 5.06 Å². The van der Waals surface area contributed by atoms with Crippen LogP contribution < -0.4 is 5.06 Å². The fourth-order valence-electron chi connectivity index (χ4n) is 1.42. The predicted molar refractivity (Wildman–Crippen MR) is 49.9 cm³/mol. The highest BCUT2D eigenvalue weighted by molar-refractivity contribution is 6.51. The number of para-hydroxylation sites is 1. The van der Waals surface area contributed by atoms with Gasteiger partial charge in [0.2, 0.25) is 0 Å². The van der Waals surface area contributed by atoms with Crippen LogP contribution in [0.25, 0.3) is 0 Å². The number of rotatable bonds is 2. The van der Waals surface area contributed by atoms with Crippen LogP contribution in [0.4, 0.5) is 5.69 Å². The Morgan fingerprint density at radius 3 is 2.71 bits per heavy atom. The Balaban J connectivity index is 2.48. The fraction of sp³-hybridized carbons (Fsp3) is 0.200. The molecule has 14 heavy (non-hydrogen) atoms. The zero-order valence-electron chi connectivity index (χ0n) is 7.69. The number of nitrogens with zero attached hydrogens (tertiary/aromatic N) is 1. The maximum atomic E-state index is 11.4. The summed E-state index contributed by atoms with van der Waals surface area (Å²) < 4.78 is 0. The van der Waals surface area contributed by atoms with Gasteiger partial charge in [0, 0.05) is 0 Å². The first-order chi connectivity index (χ1) is 6.75. The minimum absolute atomic E-state index is 0.355. The van der Waals surface area contributed by atoms with E-state index in [1.54, 1.807) is 31.2 Å². The lowest BCUT2D eigenvalue weighted by Gasteiger charge is -2.13. The van der Waals surface area contributed by atoms with E-state index in [1.165, 1.54) is 0 Å². The summed E-state index contributed by atoms with van der Waals surface area (Å²) in [5, 5.41) is 1.05. The number of hydrogen-bond donors (Lipinski definition) is 0. The summed E-state index contributed by atoms with van der Waals surface area (Å²) in [7, 11) is 0. The molecule has 2 rings (SSSR count). The second kappa shape index (κ2) is 3.23. The molecule has 0 N–H and O–H groups in total. The second-order valence-electron chi connectivity index (χ2n) is 2.86. The van der Waals surface area contributed by atoms with Gasteiger partial charge in [-0.1, -0.05) is 12.1 Å². The fourth-order valence-corrected chi connectivity index (χ4v) is 1.42. The smallest absolute Gasteiger partial charge is 0.283 e. The molecule has 0 saturated carbocycles. The molecule has 1 aliphatic heterocycles. The summed E-state index contributed by atoms with van der Waals surface area (Å²) in [6, 6.07) is 6.79. The van der Waals surface area contributed by atoms with E-state index >= 15 is 0 Å². The summed E-state index contributed by atoms with van der Waals surface area (Å²) in [6.45, 7) is 2.12. The maximum absolute atomic E-state index is 11.4. The van der Waals surface area contributed by atoms with Crippen LogP contribution in [0, 0.1) is 0 Å². The predicted octanol–water partition coefficient (Wildman–Crippen LogP) is 1.17. The van der Waals surface area contributed by atoms with Crippen LogP contribution in [-0.2, 0) is 9.63 Å². The average molecular weight is 191 g/mol. The van der Waals surface area contributed by atoms with Gasteiger partial charge < -0.3 is 0 Å². The quantitative estimate of drug-likeness (QED) is 0.659. The Morgan fingerprint density at radius 1 is 1.29 bits per heavy atom. The molecule has 0 unspecified atom stereocenters. The Hall–Kier alpha value is -1.68. The van der Waals surface area contributed by atoms with Gasteiger partial charge in [-0.15, -0.1) is 0 Å². The standard InChI is InChI=1S/C10H9NO3/c1-2-14-11-8-6-4-3-5-7(8)9(12)10(11)13/h3-6H,2H2,1H3. The maximum Gasteiger partial charge on any atom is 0.323 e. The van der Waals surface area contributed by atoms with Crippen molar-refractivity contribution in [1.82, 2.24) is 0 Å². The molecule has 0 radical (unpaired) electrons. The lowest BCUT2D eigenvalue weighted by Crippen LogP contribution is -2.29. The number of Topliss-reactive ketones (excluding diaryl/α,β-unsaturated/α-hetero) is 1. The molecule has 1 amide bonds. The van der Waals surface area contributed by atoms with Crippen molar-refractivity contribution in [2.45, 2.75) is 6.92 Å². The number of anilines is 1. The van der Waals surface area contributed by atoms with Crippen LogP contribution in [0.3, 0.4) is 0 Å². The molecule has 1 aromatic rings. The van der Waals surface area contributed by atoms with Crippen molar-refractivity contribution < 1.29 is 14.4 Å². The van der Waals surface area contributed by atoms with E-state index < -0.39 is 11.7 Å². The number of benzene rings is 1. The first-order valence-corrected chi connectivity index (χ1v) is 4.36. The van der Waals surface area contributed by atoms with Crippen LogP contribution in [0.2, 0.25) is 0 Å². The Labute approximate surface area is 81.0 Å². The van der Waals surface area contributed by atoms with Gasteiger partial charge in [0.1, 0.15) is 0 Å². The van der Waals surface area contributed by atoms with Gasteiger partial charge in [-0.25, -0.2) is 0 Å². The van der Waals surface area contributed by atoms with Gasteiger partial charge in [-0.05, 0) is 19.1 Å². The first kappa shape index (κ1) is 8.90. The highest BCUT2D eigenvalue weighted by Crippen LogP contribution is 2.28. The zero-order chi connectivity index (χ0) is 10.1. The highest BCUT2D eigenvalue weighted by atomic mass is 16.7. The van der Waals surface area contributed by atoms with Gasteiger partial charge in [0.05, 0.1) is 17.9 Å². The van der Waals surface area contributed by atoms with Crippen molar-refractivity contribution in [3.05, 3.63) is 29.8 Å². The molecular formula is C10H9NO3. The summed E-state index contributed by atoms with van der Waals surface area (Å²) >= 11 is 0. The van der Waals surface area contributed by atoms with Crippen LogP contribution in [0.1, 0.15) is 17.3 Å². The van der Waals surface area contributed by atoms with E-state index in [0.717, 1.165) is 5.06 Å². The van der Waals surface area contributed by atoms with E-state index in [4.69, 9.17) is 4.84 Å². The molecule has 0 spiro atoms. The SMILES string of the molecule is CCON1C(=O)C(=O)c2ccccc21.